The zero-order chi connectivity index (χ0) is 11.0. The van der Waals surface area contributed by atoms with Crippen molar-refractivity contribution in [2.75, 3.05) is 0 Å². The predicted molar refractivity (Wildman–Crippen MR) is 62.2 cm³/mol. The van der Waals surface area contributed by atoms with Gasteiger partial charge in [-0.25, -0.2) is 10.4 Å². The Labute approximate surface area is 96.0 Å². The second-order valence-electron chi connectivity index (χ2n) is 5.36. The highest BCUT2D eigenvalue weighted by molar-refractivity contribution is 4.98. The van der Waals surface area contributed by atoms with E-state index in [0.717, 1.165) is 30.0 Å². The van der Waals surface area contributed by atoms with Crippen LogP contribution in [0.2, 0.25) is 0 Å². The van der Waals surface area contributed by atoms with E-state index in [-0.39, 0.29) is 6.04 Å². The van der Waals surface area contributed by atoms with Gasteiger partial charge in [0.25, 0.3) is 0 Å². The predicted octanol–water partition coefficient (Wildman–Crippen LogP) is 1.74. The third-order valence-electron chi connectivity index (χ3n) is 4.47. The van der Waals surface area contributed by atoms with E-state index in [1.54, 1.807) is 6.20 Å². The third kappa shape index (κ3) is 1.76. The second kappa shape index (κ2) is 4.18. The average molecular weight is 220 g/mol. The van der Waals surface area contributed by atoms with Gasteiger partial charge in [-0.1, -0.05) is 6.42 Å². The molecule has 1 aromatic heterocycles. The van der Waals surface area contributed by atoms with Crippen LogP contribution in [0.25, 0.3) is 0 Å². The Hall–Kier alpha value is -0.870. The van der Waals surface area contributed by atoms with Crippen LogP contribution < -0.4 is 11.3 Å². The lowest BCUT2D eigenvalue weighted by molar-refractivity contribution is 0.276. The molecule has 0 aromatic carbocycles. The van der Waals surface area contributed by atoms with Gasteiger partial charge in [0.2, 0.25) is 0 Å². The fourth-order valence-electron chi connectivity index (χ4n) is 3.69. The fourth-order valence-corrected chi connectivity index (χ4v) is 3.69. The molecule has 0 radical (unpaired) electrons. The monoisotopic (exact) mass is 220 g/mol. The van der Waals surface area contributed by atoms with Crippen molar-refractivity contribution in [3.05, 3.63) is 18.2 Å². The van der Waals surface area contributed by atoms with Gasteiger partial charge in [0.05, 0.1) is 6.04 Å². The van der Waals surface area contributed by atoms with Crippen molar-refractivity contribution in [1.29, 1.82) is 0 Å². The van der Waals surface area contributed by atoms with E-state index in [2.05, 4.69) is 15.4 Å². The van der Waals surface area contributed by atoms with Gasteiger partial charge in [-0.15, -0.1) is 0 Å². The Balaban J connectivity index is 1.65. The number of aromatic nitrogens is 2. The van der Waals surface area contributed by atoms with Crippen LogP contribution in [0, 0.1) is 17.8 Å². The minimum atomic E-state index is 0.194. The first-order valence-corrected chi connectivity index (χ1v) is 6.32. The van der Waals surface area contributed by atoms with Gasteiger partial charge in [-0.05, 0) is 43.4 Å². The number of nitrogens with two attached hydrogens (primary N) is 1. The smallest absolute Gasteiger partial charge is 0.124 e. The van der Waals surface area contributed by atoms with E-state index in [0.29, 0.717) is 0 Å². The highest BCUT2D eigenvalue weighted by atomic mass is 15.2. The normalized spacial score (nSPS) is 34.4. The van der Waals surface area contributed by atoms with Crippen LogP contribution in [0.4, 0.5) is 0 Å². The zero-order valence-electron chi connectivity index (χ0n) is 9.52. The van der Waals surface area contributed by atoms with Crippen molar-refractivity contribution < 1.29 is 0 Å². The average Bonchev–Trinajstić information content (AvgIpc) is 3.01. The summed E-state index contributed by atoms with van der Waals surface area (Å²) in [5, 5.41) is 0. The number of hydrogen-bond donors (Lipinski definition) is 3. The summed E-state index contributed by atoms with van der Waals surface area (Å²) in [5.74, 6) is 9.42. The van der Waals surface area contributed by atoms with E-state index in [1.807, 2.05) is 6.20 Å². The maximum atomic E-state index is 5.63. The van der Waals surface area contributed by atoms with Crippen LogP contribution >= 0.6 is 0 Å². The van der Waals surface area contributed by atoms with Crippen LogP contribution in [-0.2, 0) is 0 Å². The van der Waals surface area contributed by atoms with Crippen LogP contribution in [-0.4, -0.2) is 9.97 Å². The molecule has 1 heterocycles. The summed E-state index contributed by atoms with van der Waals surface area (Å²) in [6, 6.07) is 0.194. The third-order valence-corrected chi connectivity index (χ3v) is 4.47. The molecule has 16 heavy (non-hydrogen) atoms. The fraction of sp³-hybridized carbons (Fsp3) is 0.750. The van der Waals surface area contributed by atoms with Gasteiger partial charge < -0.3 is 4.98 Å². The Bertz CT molecular complexity index is 335. The SMILES string of the molecule is NNC(CC1CC2CCC1C2)c1ncc[nH]1. The Kier molecular flexibility index (Phi) is 2.69. The lowest BCUT2D eigenvalue weighted by atomic mass is 9.84. The lowest BCUT2D eigenvalue weighted by Gasteiger charge is -2.25. The van der Waals surface area contributed by atoms with E-state index in [9.17, 15) is 0 Å². The Morgan fingerprint density at radius 1 is 1.50 bits per heavy atom. The number of nitrogens with one attached hydrogen (secondary N) is 2. The molecule has 2 saturated carbocycles. The van der Waals surface area contributed by atoms with Gasteiger partial charge in [0.15, 0.2) is 0 Å². The molecule has 0 spiro atoms. The zero-order valence-corrected chi connectivity index (χ0v) is 9.52. The number of aromatic amines is 1. The standard InChI is InChI=1S/C12H20N4/c13-16-11(12-14-3-4-15-12)7-10-6-8-1-2-9(10)5-8/h3-4,8-11,16H,1-2,5-7,13H2,(H,14,15). The molecule has 4 N–H and O–H groups in total. The molecule has 2 fully saturated rings. The van der Waals surface area contributed by atoms with Gasteiger partial charge in [-0.3, -0.25) is 5.84 Å². The summed E-state index contributed by atoms with van der Waals surface area (Å²) < 4.78 is 0. The number of hydrogen-bond acceptors (Lipinski definition) is 3. The maximum absolute atomic E-state index is 5.63. The van der Waals surface area contributed by atoms with Crippen molar-refractivity contribution in [1.82, 2.24) is 15.4 Å². The summed E-state index contributed by atoms with van der Waals surface area (Å²) in [6.45, 7) is 0. The molecule has 4 unspecified atom stereocenters. The molecular weight excluding hydrogens is 200 g/mol. The Morgan fingerprint density at radius 3 is 3.00 bits per heavy atom. The molecule has 2 aliphatic carbocycles. The molecular formula is C12H20N4. The van der Waals surface area contributed by atoms with Crippen LogP contribution in [0.1, 0.15) is 44.0 Å². The molecule has 1 aromatic rings. The van der Waals surface area contributed by atoms with Gasteiger partial charge in [0.1, 0.15) is 5.82 Å². The minimum absolute atomic E-state index is 0.194. The quantitative estimate of drug-likeness (QED) is 0.535. The number of fused-ring (bicyclic) bond motifs is 2. The van der Waals surface area contributed by atoms with E-state index in [1.165, 1.54) is 25.7 Å². The van der Waals surface area contributed by atoms with E-state index >= 15 is 0 Å². The van der Waals surface area contributed by atoms with Gasteiger partial charge in [0, 0.05) is 12.4 Å². The van der Waals surface area contributed by atoms with Crippen LogP contribution in [0.15, 0.2) is 12.4 Å². The molecule has 4 nitrogen and oxygen atoms in total. The summed E-state index contributed by atoms with van der Waals surface area (Å²) in [7, 11) is 0. The first-order chi connectivity index (χ1) is 7.86. The number of nitrogens with zero attached hydrogens (tertiary/aromatic N) is 1. The van der Waals surface area contributed by atoms with Crippen molar-refractivity contribution in [3.63, 3.8) is 0 Å². The molecule has 3 rings (SSSR count). The first kappa shape index (κ1) is 10.3. The largest absolute Gasteiger partial charge is 0.347 e. The van der Waals surface area contributed by atoms with Crippen molar-refractivity contribution >= 4 is 0 Å². The van der Waals surface area contributed by atoms with E-state index < -0.39 is 0 Å². The maximum Gasteiger partial charge on any atom is 0.124 e. The number of imidazole rings is 1. The molecule has 0 amide bonds. The molecule has 4 heteroatoms. The number of H-pyrrole nitrogens is 1. The second-order valence-corrected chi connectivity index (χ2v) is 5.36. The molecule has 0 aliphatic heterocycles. The summed E-state index contributed by atoms with van der Waals surface area (Å²) in [6.07, 6.45) is 10.5. The lowest BCUT2D eigenvalue weighted by Crippen LogP contribution is -2.31. The molecule has 2 bridgehead atoms. The minimum Gasteiger partial charge on any atom is -0.347 e. The molecule has 0 saturated heterocycles. The van der Waals surface area contributed by atoms with Crippen molar-refractivity contribution in [3.8, 4) is 0 Å². The van der Waals surface area contributed by atoms with Crippen LogP contribution in [0.5, 0.6) is 0 Å². The number of rotatable bonds is 4. The van der Waals surface area contributed by atoms with E-state index in [4.69, 9.17) is 5.84 Å². The van der Waals surface area contributed by atoms with Crippen LogP contribution in [0.3, 0.4) is 0 Å². The van der Waals surface area contributed by atoms with Gasteiger partial charge in [-0.2, -0.15) is 0 Å². The Morgan fingerprint density at radius 2 is 2.44 bits per heavy atom. The summed E-state index contributed by atoms with van der Waals surface area (Å²) in [5.41, 5.74) is 2.90. The topological polar surface area (TPSA) is 66.7 Å². The molecule has 2 aliphatic rings. The number of hydrazine groups is 1. The molecule has 88 valence electrons. The highest BCUT2D eigenvalue weighted by Crippen LogP contribution is 2.50. The summed E-state index contributed by atoms with van der Waals surface area (Å²) >= 11 is 0. The van der Waals surface area contributed by atoms with Crippen molar-refractivity contribution in [2.24, 2.45) is 23.6 Å². The molecule has 4 atom stereocenters. The first-order valence-electron chi connectivity index (χ1n) is 6.32. The highest BCUT2D eigenvalue weighted by Gasteiger charge is 2.40. The summed E-state index contributed by atoms with van der Waals surface area (Å²) in [4.78, 5) is 7.45. The van der Waals surface area contributed by atoms with Gasteiger partial charge >= 0.3 is 0 Å². The van der Waals surface area contributed by atoms with Crippen molar-refractivity contribution in [2.45, 2.75) is 38.1 Å².